The number of hydrogen-bond donors (Lipinski definition) is 1. The molecule has 0 bridgehead atoms. The first-order chi connectivity index (χ1) is 11.7. The van der Waals surface area contributed by atoms with E-state index in [2.05, 4.69) is 10.3 Å². The molecule has 0 aliphatic rings. The van der Waals surface area contributed by atoms with Crippen LogP contribution in [0.1, 0.15) is 44.5 Å². The summed E-state index contributed by atoms with van der Waals surface area (Å²) in [7, 11) is 3.92. The monoisotopic (exact) mass is 362 g/mol. The van der Waals surface area contributed by atoms with Gasteiger partial charge in [0.1, 0.15) is 5.56 Å². The second-order valence-corrected chi connectivity index (χ2v) is 7.91. The fraction of sp³-hybridized carbons (Fsp3) is 0.500. The van der Waals surface area contributed by atoms with Crippen molar-refractivity contribution in [1.29, 1.82) is 0 Å². The molecule has 0 spiro atoms. The fourth-order valence-electron chi connectivity index (χ4n) is 2.87. The highest BCUT2D eigenvalue weighted by Gasteiger charge is 2.18. The third-order valence-electron chi connectivity index (χ3n) is 4.07. The Kier molecular flexibility index (Phi) is 6.13. The van der Waals surface area contributed by atoms with E-state index < -0.39 is 0 Å². The molecule has 0 aliphatic carbocycles. The van der Waals surface area contributed by atoms with Gasteiger partial charge in [0.15, 0.2) is 0 Å². The van der Waals surface area contributed by atoms with Gasteiger partial charge in [-0.15, -0.1) is 11.3 Å². The van der Waals surface area contributed by atoms with Crippen LogP contribution in [0.15, 0.2) is 17.1 Å². The van der Waals surface area contributed by atoms with Gasteiger partial charge in [0.2, 0.25) is 0 Å². The van der Waals surface area contributed by atoms with Gasteiger partial charge in [0.05, 0.1) is 17.2 Å². The van der Waals surface area contributed by atoms with Crippen LogP contribution >= 0.6 is 11.3 Å². The Bertz CT molecular complexity index is 823. The Balaban J connectivity index is 2.24. The Labute approximate surface area is 152 Å². The van der Waals surface area contributed by atoms with Crippen LogP contribution in [0.3, 0.4) is 0 Å². The molecule has 0 fully saturated rings. The quantitative estimate of drug-likeness (QED) is 0.856. The molecule has 0 saturated heterocycles. The normalized spacial score (nSPS) is 12.4. The van der Waals surface area contributed by atoms with Crippen molar-refractivity contribution in [3.63, 3.8) is 0 Å². The highest BCUT2D eigenvalue weighted by molar-refractivity contribution is 7.11. The highest BCUT2D eigenvalue weighted by atomic mass is 32.1. The van der Waals surface area contributed by atoms with Gasteiger partial charge in [-0.1, -0.05) is 0 Å². The molecule has 1 amide bonds. The van der Waals surface area contributed by atoms with E-state index in [9.17, 15) is 9.59 Å². The molecule has 1 N–H and O–H groups in total. The summed E-state index contributed by atoms with van der Waals surface area (Å²) >= 11 is 1.56. The lowest BCUT2D eigenvalue weighted by atomic mass is 10.1. The molecule has 1 atom stereocenters. The van der Waals surface area contributed by atoms with Crippen molar-refractivity contribution in [3.05, 3.63) is 49.3 Å². The van der Waals surface area contributed by atoms with Crippen LogP contribution in [-0.4, -0.2) is 41.0 Å². The van der Waals surface area contributed by atoms with Crippen LogP contribution in [0.4, 0.5) is 0 Å². The number of aromatic nitrogens is 2. The number of pyridine rings is 1. The second kappa shape index (κ2) is 7.93. The van der Waals surface area contributed by atoms with E-state index in [-0.39, 0.29) is 23.1 Å². The summed E-state index contributed by atoms with van der Waals surface area (Å²) in [6.45, 7) is 8.74. The van der Waals surface area contributed by atoms with E-state index in [1.165, 1.54) is 0 Å². The summed E-state index contributed by atoms with van der Waals surface area (Å²) in [5, 5.41) is 3.84. The van der Waals surface area contributed by atoms with Crippen molar-refractivity contribution in [2.45, 2.75) is 40.3 Å². The topological polar surface area (TPSA) is 67.2 Å². The van der Waals surface area contributed by atoms with Crippen LogP contribution in [-0.2, 0) is 6.54 Å². The molecular weight excluding hydrogens is 336 g/mol. The number of thiazole rings is 1. The minimum absolute atomic E-state index is 0.0129. The highest BCUT2D eigenvalue weighted by Crippen LogP contribution is 2.17. The molecule has 2 aromatic rings. The van der Waals surface area contributed by atoms with Crippen LogP contribution < -0.4 is 10.9 Å². The summed E-state index contributed by atoms with van der Waals surface area (Å²) in [6, 6.07) is 1.81. The van der Waals surface area contributed by atoms with Gasteiger partial charge in [0.25, 0.3) is 11.5 Å². The molecule has 2 heterocycles. The first-order valence-corrected chi connectivity index (χ1v) is 9.10. The number of aryl methyl sites for hydroxylation is 3. The summed E-state index contributed by atoms with van der Waals surface area (Å²) in [6.07, 6.45) is 1.76. The number of hydrogen-bond acceptors (Lipinski definition) is 5. The van der Waals surface area contributed by atoms with E-state index in [4.69, 9.17) is 0 Å². The minimum atomic E-state index is -0.334. The van der Waals surface area contributed by atoms with Gasteiger partial charge in [-0.3, -0.25) is 9.59 Å². The molecule has 0 radical (unpaired) electrons. The molecular formula is C18H26N4O2S. The van der Waals surface area contributed by atoms with Gasteiger partial charge >= 0.3 is 0 Å². The van der Waals surface area contributed by atoms with Crippen LogP contribution in [0, 0.1) is 20.8 Å². The summed E-state index contributed by atoms with van der Waals surface area (Å²) in [5.74, 6) is -0.334. The van der Waals surface area contributed by atoms with Gasteiger partial charge < -0.3 is 14.8 Å². The molecule has 1 unspecified atom stereocenters. The number of rotatable bonds is 6. The Hall–Kier alpha value is -1.99. The summed E-state index contributed by atoms with van der Waals surface area (Å²) in [5.41, 5.74) is 1.58. The Morgan fingerprint density at radius 2 is 2.04 bits per heavy atom. The Morgan fingerprint density at radius 1 is 1.36 bits per heavy atom. The van der Waals surface area contributed by atoms with E-state index in [0.29, 0.717) is 12.1 Å². The molecule has 0 saturated carbocycles. The maximum Gasteiger partial charge on any atom is 0.263 e. The first-order valence-electron chi connectivity index (χ1n) is 8.28. The van der Waals surface area contributed by atoms with Gasteiger partial charge in [-0.05, 0) is 53.4 Å². The van der Waals surface area contributed by atoms with Crippen LogP contribution in [0.2, 0.25) is 0 Å². The van der Waals surface area contributed by atoms with Crippen molar-refractivity contribution >= 4 is 17.2 Å². The molecule has 136 valence electrons. The number of carbonyl (C=O) groups excluding carboxylic acids is 1. The predicted octanol–water partition coefficient (Wildman–Crippen LogP) is 2.28. The predicted molar refractivity (Wildman–Crippen MR) is 101 cm³/mol. The smallest absolute Gasteiger partial charge is 0.263 e. The maximum absolute atomic E-state index is 12.8. The summed E-state index contributed by atoms with van der Waals surface area (Å²) in [4.78, 5) is 32.8. The average molecular weight is 362 g/mol. The zero-order valence-corrected chi connectivity index (χ0v) is 16.5. The van der Waals surface area contributed by atoms with Crippen LogP contribution in [0.5, 0.6) is 0 Å². The summed E-state index contributed by atoms with van der Waals surface area (Å²) < 4.78 is 1.63. The Morgan fingerprint density at radius 3 is 2.60 bits per heavy atom. The largest absolute Gasteiger partial charge is 0.347 e. The first kappa shape index (κ1) is 19.3. The van der Waals surface area contributed by atoms with E-state index in [1.807, 2.05) is 45.8 Å². The van der Waals surface area contributed by atoms with Crippen molar-refractivity contribution < 1.29 is 4.79 Å². The van der Waals surface area contributed by atoms with Crippen molar-refractivity contribution in [2.75, 3.05) is 20.6 Å². The van der Waals surface area contributed by atoms with Gasteiger partial charge in [-0.25, -0.2) is 4.98 Å². The minimum Gasteiger partial charge on any atom is -0.347 e. The van der Waals surface area contributed by atoms with Gasteiger partial charge in [-0.2, -0.15) is 0 Å². The standard InChI is InChI=1S/C18H26N4O2S/c1-11-7-8-22(12(2)10-21(5)6)18(24)16(11)17(23)19-9-15-13(3)20-14(4)25-15/h7-8,12H,9-10H2,1-6H3,(H,19,23). The molecule has 6 nitrogen and oxygen atoms in total. The molecule has 2 aromatic heterocycles. The third-order valence-corrected chi connectivity index (χ3v) is 5.14. The lowest BCUT2D eigenvalue weighted by Gasteiger charge is -2.20. The lowest BCUT2D eigenvalue weighted by Crippen LogP contribution is -2.36. The number of amides is 1. The second-order valence-electron chi connectivity index (χ2n) is 6.62. The number of carbonyl (C=O) groups is 1. The maximum atomic E-state index is 12.8. The molecule has 2 rings (SSSR count). The van der Waals surface area contributed by atoms with Crippen molar-refractivity contribution in [3.8, 4) is 0 Å². The number of likely N-dealkylation sites (N-methyl/N-ethyl adjacent to an activating group) is 1. The van der Waals surface area contributed by atoms with E-state index >= 15 is 0 Å². The number of nitrogens with zero attached hydrogens (tertiary/aromatic N) is 3. The average Bonchev–Trinajstić information content (AvgIpc) is 2.82. The van der Waals surface area contributed by atoms with Crippen LogP contribution in [0.25, 0.3) is 0 Å². The zero-order chi connectivity index (χ0) is 18.7. The van der Waals surface area contributed by atoms with E-state index in [0.717, 1.165) is 22.1 Å². The van der Waals surface area contributed by atoms with Crippen molar-refractivity contribution in [1.82, 2.24) is 19.8 Å². The molecule has 25 heavy (non-hydrogen) atoms. The van der Waals surface area contributed by atoms with Crippen molar-refractivity contribution in [2.24, 2.45) is 0 Å². The lowest BCUT2D eigenvalue weighted by molar-refractivity contribution is 0.0948. The number of nitrogens with one attached hydrogen (secondary N) is 1. The van der Waals surface area contributed by atoms with Gasteiger partial charge in [0, 0.05) is 23.7 Å². The SMILES string of the molecule is Cc1nc(C)c(CNC(=O)c2c(C)ccn(C(C)CN(C)C)c2=O)s1. The third kappa shape index (κ3) is 4.55. The molecule has 0 aliphatic heterocycles. The zero-order valence-electron chi connectivity index (χ0n) is 15.7. The fourth-order valence-corrected chi connectivity index (χ4v) is 3.74. The molecule has 7 heteroatoms. The van der Waals surface area contributed by atoms with E-state index in [1.54, 1.807) is 29.0 Å². The molecule has 0 aromatic carbocycles.